The molecule has 3 heterocycles. The van der Waals surface area contributed by atoms with Gasteiger partial charge >= 0.3 is 11.9 Å². The molecule has 1 aliphatic rings. The van der Waals surface area contributed by atoms with E-state index < -0.39 is 17.8 Å². The van der Waals surface area contributed by atoms with Crippen molar-refractivity contribution in [3.63, 3.8) is 0 Å². The monoisotopic (exact) mass is 379 g/mol. The smallest absolute Gasteiger partial charge is 0.354 e. The Morgan fingerprint density at radius 1 is 1.32 bits per heavy atom. The molecule has 0 bridgehead atoms. The van der Waals surface area contributed by atoms with Crippen molar-refractivity contribution in [2.24, 2.45) is 0 Å². The van der Waals surface area contributed by atoms with Crippen molar-refractivity contribution in [1.29, 1.82) is 5.26 Å². The van der Waals surface area contributed by atoms with E-state index >= 15 is 0 Å². The maximum atomic E-state index is 13.8. The van der Waals surface area contributed by atoms with Crippen LogP contribution in [0.2, 0.25) is 0 Å². The van der Waals surface area contributed by atoms with Gasteiger partial charge in [0.15, 0.2) is 5.75 Å². The number of nitrogens with zero attached hydrogens (tertiary/aromatic N) is 3. The van der Waals surface area contributed by atoms with Crippen LogP contribution in [0, 0.1) is 17.1 Å². The number of nitriles is 1. The summed E-state index contributed by atoms with van der Waals surface area (Å²) in [7, 11) is 1.25. The molecule has 1 aromatic carbocycles. The summed E-state index contributed by atoms with van der Waals surface area (Å²) in [5, 5.41) is 10.2. The molecule has 0 saturated carbocycles. The molecule has 140 valence electrons. The van der Waals surface area contributed by atoms with Gasteiger partial charge in [-0.1, -0.05) is 0 Å². The molecule has 0 saturated heterocycles. The topological polar surface area (TPSA) is 94.2 Å². The minimum absolute atomic E-state index is 0.128. The number of esters is 2. The molecule has 0 spiro atoms. The Balaban J connectivity index is 2.10. The zero-order valence-electron chi connectivity index (χ0n) is 15.1. The molecule has 8 heteroatoms. The molecular weight excluding hydrogens is 365 g/mol. The fraction of sp³-hybridized carbons (Fsp3) is 0.200. The summed E-state index contributed by atoms with van der Waals surface area (Å²) in [5.41, 5.74) is 2.33. The Morgan fingerprint density at radius 2 is 2.11 bits per heavy atom. The number of ether oxygens (including phenoxy) is 2. The molecule has 0 atom stereocenters. The first-order chi connectivity index (χ1) is 13.4. The number of aryl methyl sites for hydroxylation is 1. The van der Waals surface area contributed by atoms with Gasteiger partial charge in [0.1, 0.15) is 17.6 Å². The zero-order chi connectivity index (χ0) is 20.0. The van der Waals surface area contributed by atoms with Crippen molar-refractivity contribution >= 4 is 22.8 Å². The van der Waals surface area contributed by atoms with E-state index in [1.165, 1.54) is 38.3 Å². The van der Waals surface area contributed by atoms with Gasteiger partial charge < -0.3 is 14.0 Å². The number of pyridine rings is 1. The molecule has 0 unspecified atom stereocenters. The molecule has 0 N–H and O–H groups in total. The molecule has 0 radical (unpaired) electrons. The van der Waals surface area contributed by atoms with E-state index in [1.807, 2.05) is 0 Å². The quantitative estimate of drug-likeness (QED) is 0.636. The maximum absolute atomic E-state index is 13.8. The Bertz CT molecular complexity index is 1210. The highest BCUT2D eigenvalue weighted by molar-refractivity contribution is 5.97. The zero-order valence-corrected chi connectivity index (χ0v) is 15.1. The molecule has 0 aliphatic carbocycles. The molecule has 0 fully saturated rings. The first-order valence-electron chi connectivity index (χ1n) is 8.47. The summed E-state index contributed by atoms with van der Waals surface area (Å²) in [6.07, 6.45) is 0.447. The van der Waals surface area contributed by atoms with E-state index in [2.05, 4.69) is 11.1 Å². The Kier molecular flexibility index (Phi) is 4.08. The summed E-state index contributed by atoms with van der Waals surface area (Å²) in [6, 6.07) is 7.59. The Morgan fingerprint density at radius 3 is 2.79 bits per heavy atom. The van der Waals surface area contributed by atoms with Crippen molar-refractivity contribution in [2.45, 2.75) is 19.9 Å². The lowest BCUT2D eigenvalue weighted by Gasteiger charge is -2.22. The number of halogens is 1. The van der Waals surface area contributed by atoms with Crippen LogP contribution >= 0.6 is 0 Å². The fourth-order valence-electron chi connectivity index (χ4n) is 3.58. The first kappa shape index (κ1) is 17.7. The van der Waals surface area contributed by atoms with Gasteiger partial charge in [-0.25, -0.2) is 9.18 Å². The number of fused-ring (bicyclic) bond motifs is 4. The van der Waals surface area contributed by atoms with Crippen molar-refractivity contribution in [1.82, 2.24) is 9.55 Å². The SMILES string of the molecule is COC(=O)c1cc(OC(C)=O)c2n1CCc1nc3ccc(F)cc3c(C#N)c1-2. The van der Waals surface area contributed by atoms with E-state index in [4.69, 9.17) is 9.47 Å². The van der Waals surface area contributed by atoms with Gasteiger partial charge in [-0.2, -0.15) is 5.26 Å². The van der Waals surface area contributed by atoms with Gasteiger partial charge in [0.25, 0.3) is 0 Å². The fourth-order valence-corrected chi connectivity index (χ4v) is 3.58. The first-order valence-corrected chi connectivity index (χ1v) is 8.47. The number of benzene rings is 1. The molecule has 2 aromatic heterocycles. The number of hydrogen-bond donors (Lipinski definition) is 0. The Labute approximate surface area is 158 Å². The normalized spacial score (nSPS) is 12.1. The highest BCUT2D eigenvalue weighted by Crippen LogP contribution is 2.42. The average molecular weight is 379 g/mol. The summed E-state index contributed by atoms with van der Waals surface area (Å²) in [5.74, 6) is -1.54. The molecule has 0 amide bonds. The third-order valence-electron chi connectivity index (χ3n) is 4.65. The molecule has 28 heavy (non-hydrogen) atoms. The third kappa shape index (κ3) is 2.60. The van der Waals surface area contributed by atoms with Gasteiger partial charge in [-0.15, -0.1) is 0 Å². The van der Waals surface area contributed by atoms with Crippen molar-refractivity contribution < 1.29 is 23.5 Å². The second kappa shape index (κ2) is 6.46. The summed E-state index contributed by atoms with van der Waals surface area (Å²) in [6.45, 7) is 1.63. The summed E-state index contributed by atoms with van der Waals surface area (Å²) < 4.78 is 25.6. The molecule has 4 rings (SSSR count). The average Bonchev–Trinajstić information content (AvgIpc) is 3.03. The van der Waals surface area contributed by atoms with Gasteiger partial charge in [0.2, 0.25) is 0 Å². The van der Waals surface area contributed by atoms with Crippen LogP contribution in [0.15, 0.2) is 24.3 Å². The summed E-state index contributed by atoms with van der Waals surface area (Å²) >= 11 is 0. The summed E-state index contributed by atoms with van der Waals surface area (Å²) in [4.78, 5) is 28.4. The lowest BCUT2D eigenvalue weighted by molar-refractivity contribution is -0.131. The second-order valence-electron chi connectivity index (χ2n) is 6.31. The third-order valence-corrected chi connectivity index (χ3v) is 4.65. The second-order valence-corrected chi connectivity index (χ2v) is 6.31. The number of methoxy groups -OCH3 is 1. The van der Waals surface area contributed by atoms with Crippen LogP contribution in [0.4, 0.5) is 4.39 Å². The number of carbonyl (C=O) groups excluding carboxylic acids is 2. The van der Waals surface area contributed by atoms with E-state index in [0.29, 0.717) is 40.8 Å². The highest BCUT2D eigenvalue weighted by atomic mass is 19.1. The van der Waals surface area contributed by atoms with E-state index in [-0.39, 0.29) is 17.0 Å². The molecule has 1 aliphatic heterocycles. The van der Waals surface area contributed by atoms with Crippen LogP contribution in [0.5, 0.6) is 5.75 Å². The molecule has 3 aromatic rings. The number of rotatable bonds is 2. The Hall–Kier alpha value is -3.73. The molecule has 7 nitrogen and oxygen atoms in total. The van der Waals surface area contributed by atoms with Crippen LogP contribution in [-0.4, -0.2) is 28.6 Å². The van der Waals surface area contributed by atoms with Crippen LogP contribution < -0.4 is 4.74 Å². The van der Waals surface area contributed by atoms with E-state index in [9.17, 15) is 19.2 Å². The van der Waals surface area contributed by atoms with E-state index in [1.54, 1.807) is 4.57 Å². The molecular formula is C20H14FN3O4. The van der Waals surface area contributed by atoms with E-state index in [0.717, 1.165) is 0 Å². The van der Waals surface area contributed by atoms with Crippen LogP contribution in [-0.2, 0) is 22.5 Å². The standard InChI is InChI=1S/C20H14FN3O4/c1-10(25)28-17-8-16(20(26)27-2)24-6-5-15-18(19(17)24)13(9-22)12-7-11(21)3-4-14(12)23-15/h3-4,7-8H,5-6H2,1-2H3. The van der Waals surface area contributed by atoms with Crippen molar-refractivity contribution in [2.75, 3.05) is 7.11 Å². The minimum atomic E-state index is -0.596. The lowest BCUT2D eigenvalue weighted by atomic mass is 9.95. The van der Waals surface area contributed by atoms with Gasteiger partial charge in [0.05, 0.1) is 29.6 Å². The predicted octanol–water partition coefficient (Wildman–Crippen LogP) is 2.98. The predicted molar refractivity (Wildman–Crippen MR) is 96.2 cm³/mol. The number of aromatic nitrogens is 2. The van der Waals surface area contributed by atoms with Crippen LogP contribution in [0.1, 0.15) is 28.7 Å². The number of hydrogen-bond acceptors (Lipinski definition) is 6. The number of carbonyl (C=O) groups is 2. The van der Waals surface area contributed by atoms with Gasteiger partial charge in [-0.05, 0) is 18.2 Å². The van der Waals surface area contributed by atoms with Crippen molar-refractivity contribution in [3.8, 4) is 23.1 Å². The van der Waals surface area contributed by atoms with Crippen LogP contribution in [0.3, 0.4) is 0 Å². The van der Waals surface area contributed by atoms with Gasteiger partial charge in [-0.3, -0.25) is 9.78 Å². The highest BCUT2D eigenvalue weighted by Gasteiger charge is 2.31. The van der Waals surface area contributed by atoms with Crippen LogP contribution in [0.25, 0.3) is 22.2 Å². The lowest BCUT2D eigenvalue weighted by Crippen LogP contribution is -2.19. The van der Waals surface area contributed by atoms with Gasteiger partial charge in [0, 0.05) is 36.9 Å². The van der Waals surface area contributed by atoms with Crippen molar-refractivity contribution in [3.05, 3.63) is 47.0 Å². The maximum Gasteiger partial charge on any atom is 0.354 e. The minimum Gasteiger partial charge on any atom is -0.464 e. The largest absolute Gasteiger partial charge is 0.464 e.